The lowest BCUT2D eigenvalue weighted by Crippen LogP contribution is -2.00. The number of hydrogen-bond acceptors (Lipinski definition) is 6. The molecule has 0 unspecified atom stereocenters. The van der Waals surface area contributed by atoms with E-state index in [9.17, 15) is 9.90 Å². The Labute approximate surface area is 174 Å². The van der Waals surface area contributed by atoms with Gasteiger partial charge < -0.3 is 23.9 Å². The van der Waals surface area contributed by atoms with E-state index in [2.05, 4.69) is 10.2 Å². The average molecular weight is 411 g/mol. The van der Waals surface area contributed by atoms with Crippen molar-refractivity contribution in [2.45, 2.75) is 26.8 Å². The molecule has 1 N–H and O–H groups in total. The highest BCUT2D eigenvalue weighted by Crippen LogP contribution is 2.40. The average Bonchev–Trinajstić information content (AvgIpc) is 3.01. The first kappa shape index (κ1) is 21.2. The second kappa shape index (κ2) is 8.86. The van der Waals surface area contributed by atoms with Crippen LogP contribution in [0.15, 0.2) is 40.6 Å². The van der Waals surface area contributed by atoms with E-state index in [-0.39, 0.29) is 17.1 Å². The zero-order valence-electron chi connectivity index (χ0n) is 17.7. The zero-order valence-corrected chi connectivity index (χ0v) is 17.7. The van der Waals surface area contributed by atoms with Gasteiger partial charge in [-0.25, -0.2) is 0 Å². The van der Waals surface area contributed by atoms with E-state index in [1.807, 2.05) is 32.0 Å². The van der Waals surface area contributed by atoms with Crippen molar-refractivity contribution in [1.29, 1.82) is 0 Å². The molecule has 8 heteroatoms. The molecule has 3 aromatic rings. The van der Waals surface area contributed by atoms with E-state index >= 15 is 0 Å². The SMILES string of the molecule is CCCn1c(O)c(N=NC(=O)c2cc(OC)c(OC)c(OC)c2)c2cc(C)ccc21. The molecule has 0 saturated heterocycles. The Morgan fingerprint density at radius 1 is 1.07 bits per heavy atom. The summed E-state index contributed by atoms with van der Waals surface area (Å²) in [6.45, 7) is 4.60. The van der Waals surface area contributed by atoms with Gasteiger partial charge in [-0.3, -0.25) is 4.79 Å². The highest BCUT2D eigenvalue weighted by atomic mass is 16.5. The fraction of sp³-hybridized carbons (Fsp3) is 0.318. The molecule has 0 fully saturated rings. The van der Waals surface area contributed by atoms with Crippen LogP contribution in [-0.2, 0) is 6.54 Å². The number of amides is 1. The number of aromatic hydroxyl groups is 1. The fourth-order valence-corrected chi connectivity index (χ4v) is 3.34. The normalized spacial score (nSPS) is 11.2. The summed E-state index contributed by atoms with van der Waals surface area (Å²) in [7, 11) is 4.42. The number of benzene rings is 2. The fourth-order valence-electron chi connectivity index (χ4n) is 3.34. The van der Waals surface area contributed by atoms with E-state index in [1.54, 1.807) is 4.57 Å². The summed E-state index contributed by atoms with van der Waals surface area (Å²) in [5.41, 5.74) is 2.35. The molecule has 1 aromatic heterocycles. The maximum absolute atomic E-state index is 12.7. The smallest absolute Gasteiger partial charge is 0.295 e. The Morgan fingerprint density at radius 3 is 2.30 bits per heavy atom. The molecule has 1 amide bonds. The second-order valence-electron chi connectivity index (χ2n) is 6.76. The highest BCUT2D eigenvalue weighted by molar-refractivity contribution is 5.98. The first-order valence-electron chi connectivity index (χ1n) is 9.53. The number of methoxy groups -OCH3 is 3. The molecule has 0 aliphatic rings. The van der Waals surface area contributed by atoms with Gasteiger partial charge in [0.25, 0.3) is 5.91 Å². The van der Waals surface area contributed by atoms with Crippen LogP contribution in [0.25, 0.3) is 10.9 Å². The van der Waals surface area contributed by atoms with E-state index in [0.29, 0.717) is 23.8 Å². The Hall–Kier alpha value is -3.55. The number of fused-ring (bicyclic) bond motifs is 1. The van der Waals surface area contributed by atoms with Gasteiger partial charge in [-0.05, 0) is 37.6 Å². The molecular weight excluding hydrogens is 386 g/mol. The van der Waals surface area contributed by atoms with E-state index in [4.69, 9.17) is 14.2 Å². The largest absolute Gasteiger partial charge is 0.493 e. The number of carbonyl (C=O) groups excluding carboxylic acids is 1. The van der Waals surface area contributed by atoms with Gasteiger partial charge in [0.2, 0.25) is 11.6 Å². The van der Waals surface area contributed by atoms with Gasteiger partial charge in [0.15, 0.2) is 17.2 Å². The van der Waals surface area contributed by atoms with Gasteiger partial charge in [-0.2, -0.15) is 0 Å². The Balaban J connectivity index is 2.04. The van der Waals surface area contributed by atoms with Gasteiger partial charge in [-0.15, -0.1) is 10.2 Å². The Kier molecular flexibility index (Phi) is 6.25. The third kappa shape index (κ3) is 3.80. The van der Waals surface area contributed by atoms with E-state index < -0.39 is 5.91 Å². The number of nitrogens with zero attached hydrogens (tertiary/aromatic N) is 3. The number of aromatic nitrogens is 1. The molecule has 0 aliphatic carbocycles. The summed E-state index contributed by atoms with van der Waals surface area (Å²) in [5.74, 6) is 0.447. The standard InChI is InChI=1S/C22H25N3O5/c1-6-9-25-16-8-7-13(2)10-15(16)19(22(25)27)23-24-21(26)14-11-17(28-3)20(30-5)18(12-14)29-4/h7-8,10-12,27H,6,9H2,1-5H3. The Morgan fingerprint density at radius 2 is 1.73 bits per heavy atom. The molecule has 0 spiro atoms. The van der Waals surface area contributed by atoms with Crippen LogP contribution in [0.1, 0.15) is 29.3 Å². The van der Waals surface area contributed by atoms with Crippen molar-refractivity contribution in [3.05, 3.63) is 41.5 Å². The third-order valence-corrected chi connectivity index (χ3v) is 4.77. The maximum atomic E-state index is 12.7. The lowest BCUT2D eigenvalue weighted by molar-refractivity contribution is 0.0994. The van der Waals surface area contributed by atoms with Gasteiger partial charge in [0, 0.05) is 11.9 Å². The summed E-state index contributed by atoms with van der Waals surface area (Å²) in [6.07, 6.45) is 0.839. The molecule has 0 atom stereocenters. The number of ether oxygens (including phenoxy) is 3. The number of rotatable bonds is 7. The van der Waals surface area contributed by atoms with Crippen LogP contribution in [0.4, 0.5) is 5.69 Å². The predicted molar refractivity (Wildman–Crippen MR) is 114 cm³/mol. The Bertz CT molecular complexity index is 1090. The number of hydrogen-bond donors (Lipinski definition) is 1. The van der Waals surface area contributed by atoms with Gasteiger partial charge in [0.05, 0.1) is 32.4 Å². The van der Waals surface area contributed by atoms with E-state index in [1.165, 1.54) is 33.5 Å². The lowest BCUT2D eigenvalue weighted by Gasteiger charge is -2.12. The minimum atomic E-state index is -0.599. The number of carbonyl (C=O) groups is 1. The van der Waals surface area contributed by atoms with Crippen molar-refractivity contribution in [1.82, 2.24) is 4.57 Å². The summed E-state index contributed by atoms with van der Waals surface area (Å²) >= 11 is 0. The molecule has 1 heterocycles. The van der Waals surface area contributed by atoms with Gasteiger partial charge >= 0.3 is 0 Å². The maximum Gasteiger partial charge on any atom is 0.295 e. The predicted octanol–water partition coefficient (Wildman–Crippen LogP) is 5.02. The second-order valence-corrected chi connectivity index (χ2v) is 6.76. The van der Waals surface area contributed by atoms with Crippen molar-refractivity contribution in [3.63, 3.8) is 0 Å². The van der Waals surface area contributed by atoms with Crippen LogP contribution in [0.5, 0.6) is 23.1 Å². The van der Waals surface area contributed by atoms with Crippen LogP contribution < -0.4 is 14.2 Å². The minimum absolute atomic E-state index is 0.0149. The zero-order chi connectivity index (χ0) is 21.8. The van der Waals surface area contributed by atoms with E-state index in [0.717, 1.165) is 22.9 Å². The van der Waals surface area contributed by atoms with Crippen LogP contribution in [0.3, 0.4) is 0 Å². The molecule has 0 saturated carbocycles. The molecular formula is C22H25N3O5. The van der Waals surface area contributed by atoms with Crippen molar-refractivity contribution >= 4 is 22.5 Å². The molecule has 30 heavy (non-hydrogen) atoms. The lowest BCUT2D eigenvalue weighted by atomic mass is 10.1. The van der Waals surface area contributed by atoms with Crippen molar-refractivity contribution in [2.24, 2.45) is 10.2 Å². The first-order valence-corrected chi connectivity index (χ1v) is 9.53. The van der Waals surface area contributed by atoms with Gasteiger partial charge in [0.1, 0.15) is 0 Å². The topological polar surface area (TPSA) is 94.6 Å². The van der Waals surface area contributed by atoms with Crippen molar-refractivity contribution < 1.29 is 24.1 Å². The first-order chi connectivity index (χ1) is 14.4. The minimum Gasteiger partial charge on any atom is -0.493 e. The van der Waals surface area contributed by atoms with Gasteiger partial charge in [-0.1, -0.05) is 18.6 Å². The number of azo groups is 1. The van der Waals surface area contributed by atoms with Crippen LogP contribution in [-0.4, -0.2) is 36.9 Å². The van der Waals surface area contributed by atoms with Crippen LogP contribution in [0.2, 0.25) is 0 Å². The molecule has 0 radical (unpaired) electrons. The summed E-state index contributed by atoms with van der Waals surface area (Å²) in [6, 6.07) is 8.83. The molecule has 8 nitrogen and oxygen atoms in total. The molecule has 3 rings (SSSR count). The quantitative estimate of drug-likeness (QED) is 0.551. The number of aryl methyl sites for hydroxylation is 2. The highest BCUT2D eigenvalue weighted by Gasteiger charge is 2.19. The third-order valence-electron chi connectivity index (χ3n) is 4.77. The monoisotopic (exact) mass is 411 g/mol. The van der Waals surface area contributed by atoms with Crippen LogP contribution >= 0.6 is 0 Å². The van der Waals surface area contributed by atoms with Crippen molar-refractivity contribution in [2.75, 3.05) is 21.3 Å². The summed E-state index contributed by atoms with van der Waals surface area (Å²) in [5, 5.41) is 19.4. The molecule has 0 aliphatic heterocycles. The summed E-state index contributed by atoms with van der Waals surface area (Å²) < 4.78 is 17.6. The summed E-state index contributed by atoms with van der Waals surface area (Å²) in [4.78, 5) is 12.7. The van der Waals surface area contributed by atoms with Crippen LogP contribution in [0, 0.1) is 6.92 Å². The van der Waals surface area contributed by atoms with Crippen molar-refractivity contribution in [3.8, 4) is 23.1 Å². The molecule has 0 bridgehead atoms. The molecule has 2 aromatic carbocycles. The molecule has 158 valence electrons.